The lowest BCUT2D eigenvalue weighted by Gasteiger charge is -2.10. The number of benzene rings is 2. The van der Waals surface area contributed by atoms with Crippen molar-refractivity contribution in [1.82, 2.24) is 0 Å². The molecule has 0 aliphatic rings. The third-order valence-electron chi connectivity index (χ3n) is 2.26. The average Bonchev–Trinajstić information content (AvgIpc) is 2.31. The summed E-state index contributed by atoms with van der Waals surface area (Å²) in [6.45, 7) is 0. The third kappa shape index (κ3) is 3.54. The molecular formula is C12H8Cl3NO2S. The summed E-state index contributed by atoms with van der Waals surface area (Å²) in [7, 11) is -3.78. The Morgan fingerprint density at radius 2 is 1.47 bits per heavy atom. The fourth-order valence-electron chi connectivity index (χ4n) is 1.43. The van der Waals surface area contributed by atoms with Crippen molar-refractivity contribution >= 4 is 50.5 Å². The topological polar surface area (TPSA) is 46.2 Å². The van der Waals surface area contributed by atoms with Crippen molar-refractivity contribution in [3.8, 4) is 0 Å². The predicted octanol–water partition coefficient (Wildman–Crippen LogP) is 4.45. The minimum Gasteiger partial charge on any atom is -0.278 e. The van der Waals surface area contributed by atoms with Gasteiger partial charge in [0.25, 0.3) is 10.0 Å². The van der Waals surface area contributed by atoms with Crippen LogP contribution in [0.1, 0.15) is 0 Å². The Kier molecular flexibility index (Phi) is 4.26. The summed E-state index contributed by atoms with van der Waals surface area (Å²) in [5, 5.41) is 0.790. The van der Waals surface area contributed by atoms with E-state index in [-0.39, 0.29) is 14.9 Å². The summed E-state index contributed by atoms with van der Waals surface area (Å²) in [6, 6.07) is 10.6. The molecule has 0 aromatic heterocycles. The van der Waals surface area contributed by atoms with E-state index in [4.69, 9.17) is 34.8 Å². The van der Waals surface area contributed by atoms with Crippen LogP contribution in [-0.4, -0.2) is 8.42 Å². The van der Waals surface area contributed by atoms with Gasteiger partial charge in [0.15, 0.2) is 0 Å². The Bertz CT molecular complexity index is 696. The second-order valence-corrected chi connectivity index (χ2v) is 6.65. The van der Waals surface area contributed by atoms with Crippen molar-refractivity contribution < 1.29 is 8.42 Å². The zero-order valence-electron chi connectivity index (χ0n) is 9.40. The third-order valence-corrected chi connectivity index (χ3v) is 4.38. The quantitative estimate of drug-likeness (QED) is 0.900. The van der Waals surface area contributed by atoms with Gasteiger partial charge in [-0.1, -0.05) is 46.9 Å². The first kappa shape index (κ1) is 14.5. The maximum atomic E-state index is 12.2. The maximum Gasteiger partial charge on any atom is 0.262 e. The highest BCUT2D eigenvalue weighted by Crippen LogP contribution is 2.27. The zero-order chi connectivity index (χ0) is 14.0. The fourth-order valence-corrected chi connectivity index (χ4v) is 3.48. The molecule has 3 nitrogen and oxygen atoms in total. The second-order valence-electron chi connectivity index (χ2n) is 3.69. The fraction of sp³-hybridized carbons (Fsp3) is 0. The van der Waals surface area contributed by atoms with E-state index in [0.717, 1.165) is 0 Å². The van der Waals surface area contributed by atoms with E-state index in [1.165, 1.54) is 18.2 Å². The predicted molar refractivity (Wildman–Crippen MR) is 78.7 cm³/mol. The Hall–Kier alpha value is -0.940. The first-order valence-corrected chi connectivity index (χ1v) is 7.73. The van der Waals surface area contributed by atoms with Crippen LogP contribution in [0.3, 0.4) is 0 Å². The summed E-state index contributed by atoms with van der Waals surface area (Å²) in [6.07, 6.45) is 0. The SMILES string of the molecule is O=S(=O)(Nc1ccccc1Cl)c1cc(Cl)cc(Cl)c1. The van der Waals surface area contributed by atoms with E-state index >= 15 is 0 Å². The Morgan fingerprint density at radius 3 is 2.05 bits per heavy atom. The molecule has 100 valence electrons. The van der Waals surface area contributed by atoms with E-state index in [2.05, 4.69) is 4.72 Å². The lowest BCUT2D eigenvalue weighted by molar-refractivity contribution is 0.601. The van der Waals surface area contributed by atoms with E-state index in [1.54, 1.807) is 24.3 Å². The molecule has 0 atom stereocenters. The van der Waals surface area contributed by atoms with Crippen LogP contribution in [0.2, 0.25) is 15.1 Å². The van der Waals surface area contributed by atoms with Gasteiger partial charge in [-0.3, -0.25) is 4.72 Å². The van der Waals surface area contributed by atoms with Crippen LogP contribution in [-0.2, 0) is 10.0 Å². The molecule has 0 heterocycles. The molecule has 0 aliphatic carbocycles. The number of anilines is 1. The molecule has 0 aliphatic heterocycles. The number of hydrogen-bond donors (Lipinski definition) is 1. The van der Waals surface area contributed by atoms with E-state index < -0.39 is 10.0 Å². The number of nitrogens with one attached hydrogen (secondary N) is 1. The van der Waals surface area contributed by atoms with Gasteiger partial charge in [0.2, 0.25) is 0 Å². The smallest absolute Gasteiger partial charge is 0.262 e. The van der Waals surface area contributed by atoms with Crippen LogP contribution in [0.4, 0.5) is 5.69 Å². The first-order chi connectivity index (χ1) is 8.88. The average molecular weight is 337 g/mol. The minimum atomic E-state index is -3.78. The molecule has 7 heteroatoms. The molecule has 0 saturated carbocycles. The van der Waals surface area contributed by atoms with Gasteiger partial charge in [0.05, 0.1) is 15.6 Å². The van der Waals surface area contributed by atoms with Crippen molar-refractivity contribution in [2.24, 2.45) is 0 Å². The molecule has 19 heavy (non-hydrogen) atoms. The summed E-state index contributed by atoms with van der Waals surface area (Å²) in [5.74, 6) is 0. The Morgan fingerprint density at radius 1 is 0.895 bits per heavy atom. The highest BCUT2D eigenvalue weighted by Gasteiger charge is 2.16. The van der Waals surface area contributed by atoms with E-state index in [9.17, 15) is 8.42 Å². The molecule has 2 rings (SSSR count). The molecule has 0 bridgehead atoms. The summed E-state index contributed by atoms with van der Waals surface area (Å²) < 4.78 is 26.7. The van der Waals surface area contributed by atoms with Crippen molar-refractivity contribution in [3.63, 3.8) is 0 Å². The van der Waals surface area contributed by atoms with Gasteiger partial charge >= 0.3 is 0 Å². The van der Waals surface area contributed by atoms with Crippen LogP contribution in [0.5, 0.6) is 0 Å². The normalized spacial score (nSPS) is 11.3. The summed E-state index contributed by atoms with van der Waals surface area (Å²) in [4.78, 5) is -0.0232. The van der Waals surface area contributed by atoms with Gasteiger partial charge < -0.3 is 0 Å². The Balaban J connectivity index is 2.41. The highest BCUT2D eigenvalue weighted by atomic mass is 35.5. The molecule has 1 N–H and O–H groups in total. The number of rotatable bonds is 3. The summed E-state index contributed by atoms with van der Waals surface area (Å²) >= 11 is 17.5. The molecular weight excluding hydrogens is 329 g/mol. The van der Waals surface area contributed by atoms with Crippen molar-refractivity contribution in [1.29, 1.82) is 0 Å². The van der Waals surface area contributed by atoms with Crippen molar-refractivity contribution in [3.05, 3.63) is 57.5 Å². The molecule has 2 aromatic rings. The molecule has 0 unspecified atom stereocenters. The molecule has 0 radical (unpaired) electrons. The molecule has 0 fully saturated rings. The molecule has 0 amide bonds. The Labute approximate surface area is 126 Å². The van der Waals surface area contributed by atoms with Crippen molar-refractivity contribution in [2.75, 3.05) is 4.72 Å². The van der Waals surface area contributed by atoms with Crippen LogP contribution >= 0.6 is 34.8 Å². The molecule has 0 spiro atoms. The molecule has 2 aromatic carbocycles. The van der Waals surface area contributed by atoms with E-state index in [0.29, 0.717) is 10.7 Å². The van der Waals surface area contributed by atoms with Crippen LogP contribution in [0.15, 0.2) is 47.4 Å². The minimum absolute atomic E-state index is 0.0232. The maximum absolute atomic E-state index is 12.2. The number of hydrogen-bond acceptors (Lipinski definition) is 2. The van der Waals surface area contributed by atoms with Gasteiger partial charge in [-0.25, -0.2) is 8.42 Å². The van der Waals surface area contributed by atoms with Crippen LogP contribution in [0, 0.1) is 0 Å². The van der Waals surface area contributed by atoms with Crippen LogP contribution < -0.4 is 4.72 Å². The largest absolute Gasteiger partial charge is 0.278 e. The van der Waals surface area contributed by atoms with Gasteiger partial charge in [-0.05, 0) is 30.3 Å². The van der Waals surface area contributed by atoms with Gasteiger partial charge in [-0.15, -0.1) is 0 Å². The van der Waals surface area contributed by atoms with Gasteiger partial charge in [0, 0.05) is 10.0 Å². The second kappa shape index (κ2) is 5.59. The van der Waals surface area contributed by atoms with E-state index in [1.807, 2.05) is 0 Å². The monoisotopic (exact) mass is 335 g/mol. The highest BCUT2D eigenvalue weighted by molar-refractivity contribution is 7.92. The first-order valence-electron chi connectivity index (χ1n) is 5.12. The number of halogens is 3. The number of sulfonamides is 1. The lowest BCUT2D eigenvalue weighted by atomic mass is 10.3. The number of para-hydroxylation sites is 1. The standard InChI is InChI=1S/C12H8Cl3NO2S/c13-8-5-9(14)7-10(6-8)19(17,18)16-12-4-2-1-3-11(12)15/h1-7,16H. The zero-order valence-corrected chi connectivity index (χ0v) is 12.5. The summed E-state index contributed by atoms with van der Waals surface area (Å²) in [5.41, 5.74) is 0.292. The molecule has 0 saturated heterocycles. The van der Waals surface area contributed by atoms with Crippen molar-refractivity contribution in [2.45, 2.75) is 4.90 Å². The van der Waals surface area contributed by atoms with Crippen LogP contribution in [0.25, 0.3) is 0 Å². The van der Waals surface area contributed by atoms with Gasteiger partial charge in [0.1, 0.15) is 0 Å². The lowest BCUT2D eigenvalue weighted by Crippen LogP contribution is -2.13. The van der Waals surface area contributed by atoms with Gasteiger partial charge in [-0.2, -0.15) is 0 Å².